The molecule has 0 bridgehead atoms. The maximum absolute atomic E-state index is 8.56. The van der Waals surface area contributed by atoms with E-state index in [4.69, 9.17) is 25.0 Å². The van der Waals surface area contributed by atoms with Gasteiger partial charge in [-0.25, -0.2) is 9.79 Å². The maximum atomic E-state index is 8.56. The fourth-order valence-electron chi connectivity index (χ4n) is 3.14. The van der Waals surface area contributed by atoms with Crippen LogP contribution in [0.5, 0.6) is 0 Å². The molecule has 0 radical (unpaired) electrons. The zero-order valence-corrected chi connectivity index (χ0v) is 19.4. The van der Waals surface area contributed by atoms with Crippen molar-refractivity contribution in [1.82, 2.24) is 15.5 Å². The molecule has 0 saturated heterocycles. The summed E-state index contributed by atoms with van der Waals surface area (Å²) in [6.07, 6.45) is 6.88. The number of nitrogens with zero attached hydrogens (tertiary/aromatic N) is 3. The molecule has 1 aromatic rings. The molecule has 0 amide bonds. The lowest BCUT2D eigenvalue weighted by Gasteiger charge is -2.34. The molecule has 1 aromatic carbocycles. The lowest BCUT2D eigenvalue weighted by Crippen LogP contribution is -2.59. The van der Waals surface area contributed by atoms with Crippen LogP contribution in [0.3, 0.4) is 0 Å². The second-order valence-corrected chi connectivity index (χ2v) is 8.18. The van der Waals surface area contributed by atoms with Gasteiger partial charge in [-0.2, -0.15) is 0 Å². The number of carboxylic acid groups (broad SMARTS) is 2. The van der Waals surface area contributed by atoms with Gasteiger partial charge in [0.1, 0.15) is 5.66 Å². The second-order valence-electron chi connectivity index (χ2n) is 8.18. The third-order valence-corrected chi connectivity index (χ3v) is 4.76. The molecule has 0 unspecified atom stereocenters. The molecule has 0 aliphatic carbocycles. The quantitative estimate of drug-likeness (QED) is 0.408. The Bertz CT molecular complexity index is 700. The summed E-state index contributed by atoms with van der Waals surface area (Å²) < 4.78 is 0. The van der Waals surface area contributed by atoms with E-state index in [2.05, 4.69) is 73.7 Å². The van der Waals surface area contributed by atoms with Crippen LogP contribution < -0.4 is 10.6 Å². The van der Waals surface area contributed by atoms with Crippen molar-refractivity contribution in [3.8, 4) is 0 Å². The van der Waals surface area contributed by atoms with E-state index >= 15 is 0 Å². The molecule has 1 heterocycles. The van der Waals surface area contributed by atoms with Gasteiger partial charge in [-0.3, -0.25) is 10.3 Å². The number of hydrogen-bond donors (Lipinski definition) is 4. The standard InChI is InChI=1S/C22H37N5.CH2O3/c1-5-6-7-8-9-13-17-23-20-24-21(26-22(2,3)25-20)27(4)18-16-19-14-11-10-12-15-19;2-1(3)4/h10-12,14-15H,5-9,13,16-18H2,1-4H3,(H2,23,24,25,26);(H2,2,3,4). The fourth-order valence-corrected chi connectivity index (χ4v) is 3.14. The van der Waals surface area contributed by atoms with E-state index in [-0.39, 0.29) is 5.66 Å². The van der Waals surface area contributed by atoms with Crippen LogP contribution in [0.2, 0.25) is 0 Å². The van der Waals surface area contributed by atoms with Crippen LogP contribution in [0, 0.1) is 0 Å². The van der Waals surface area contributed by atoms with E-state index in [0.717, 1.165) is 37.9 Å². The van der Waals surface area contributed by atoms with E-state index in [1.54, 1.807) is 0 Å². The van der Waals surface area contributed by atoms with Crippen LogP contribution in [-0.4, -0.2) is 59.0 Å². The highest BCUT2D eigenvalue weighted by atomic mass is 16.6. The van der Waals surface area contributed by atoms with Gasteiger partial charge in [0.25, 0.3) is 0 Å². The van der Waals surface area contributed by atoms with Crippen molar-refractivity contribution in [2.45, 2.75) is 71.4 Å². The smallest absolute Gasteiger partial charge is 0.450 e. The van der Waals surface area contributed by atoms with Crippen LogP contribution in [0.25, 0.3) is 0 Å². The van der Waals surface area contributed by atoms with Crippen molar-refractivity contribution in [1.29, 1.82) is 0 Å². The van der Waals surface area contributed by atoms with Crippen LogP contribution >= 0.6 is 0 Å². The van der Waals surface area contributed by atoms with Crippen LogP contribution in [0.1, 0.15) is 64.9 Å². The van der Waals surface area contributed by atoms with Gasteiger partial charge in [0, 0.05) is 20.1 Å². The first-order valence-electron chi connectivity index (χ1n) is 11.1. The number of likely N-dealkylation sites (N-methyl/N-ethyl adjacent to an activating group) is 1. The van der Waals surface area contributed by atoms with E-state index in [0.29, 0.717) is 0 Å². The third-order valence-electron chi connectivity index (χ3n) is 4.76. The highest BCUT2D eigenvalue weighted by Crippen LogP contribution is 2.10. The maximum Gasteiger partial charge on any atom is 0.503 e. The van der Waals surface area contributed by atoms with Crippen LogP contribution in [-0.2, 0) is 6.42 Å². The number of hydrogen-bond acceptors (Lipinski definition) is 4. The molecule has 0 atom stereocenters. The number of nitrogens with one attached hydrogen (secondary N) is 2. The number of guanidine groups is 2. The van der Waals surface area contributed by atoms with Crippen molar-refractivity contribution in [2.24, 2.45) is 9.98 Å². The van der Waals surface area contributed by atoms with Crippen molar-refractivity contribution in [2.75, 3.05) is 20.1 Å². The van der Waals surface area contributed by atoms with E-state index in [1.807, 2.05) is 0 Å². The largest absolute Gasteiger partial charge is 0.503 e. The number of aliphatic imine (C=N–C) groups is 2. The van der Waals surface area contributed by atoms with E-state index in [9.17, 15) is 0 Å². The average molecular weight is 434 g/mol. The number of rotatable bonds is 10. The molecule has 0 spiro atoms. The summed E-state index contributed by atoms with van der Waals surface area (Å²) in [7, 11) is 2.08. The molecule has 2 rings (SSSR count). The van der Waals surface area contributed by atoms with Crippen molar-refractivity contribution in [3.63, 3.8) is 0 Å². The first-order chi connectivity index (χ1) is 14.7. The highest BCUT2D eigenvalue weighted by Gasteiger charge is 2.26. The first-order valence-corrected chi connectivity index (χ1v) is 11.1. The minimum Gasteiger partial charge on any atom is -0.450 e. The minimum absolute atomic E-state index is 0.346. The summed E-state index contributed by atoms with van der Waals surface area (Å²) in [6.45, 7) is 8.19. The zero-order valence-electron chi connectivity index (χ0n) is 19.4. The van der Waals surface area contributed by atoms with Gasteiger partial charge in [-0.15, -0.1) is 0 Å². The van der Waals surface area contributed by atoms with Gasteiger partial charge in [-0.1, -0.05) is 69.4 Å². The summed E-state index contributed by atoms with van der Waals surface area (Å²) in [5, 5.41) is 20.7. The van der Waals surface area contributed by atoms with E-state index < -0.39 is 6.16 Å². The average Bonchev–Trinajstić information content (AvgIpc) is 2.70. The van der Waals surface area contributed by atoms with Crippen LogP contribution in [0.4, 0.5) is 4.79 Å². The van der Waals surface area contributed by atoms with Crippen LogP contribution in [0.15, 0.2) is 40.3 Å². The Hall–Kier alpha value is -2.77. The Morgan fingerprint density at radius 1 is 1.10 bits per heavy atom. The predicted octanol–water partition coefficient (Wildman–Crippen LogP) is 4.38. The van der Waals surface area contributed by atoms with Gasteiger partial charge in [-0.05, 0) is 32.3 Å². The monoisotopic (exact) mass is 433 g/mol. The normalized spacial score (nSPS) is 15.7. The molecule has 4 N–H and O–H groups in total. The molecule has 0 saturated carbocycles. The Labute approximate surface area is 186 Å². The lowest BCUT2D eigenvalue weighted by atomic mass is 10.1. The Morgan fingerprint density at radius 2 is 1.71 bits per heavy atom. The van der Waals surface area contributed by atoms with Gasteiger partial charge >= 0.3 is 6.16 Å². The van der Waals surface area contributed by atoms with Gasteiger partial charge in [0.05, 0.1) is 0 Å². The Kier molecular flexibility index (Phi) is 12.1. The molecule has 8 nitrogen and oxygen atoms in total. The summed E-state index contributed by atoms with van der Waals surface area (Å²) in [5.41, 5.74) is 0.997. The summed E-state index contributed by atoms with van der Waals surface area (Å²) in [4.78, 5) is 20.3. The minimum atomic E-state index is -1.83. The second kappa shape index (κ2) is 14.3. The molecule has 0 fully saturated rings. The Balaban J connectivity index is 0.00000110. The number of unbranched alkanes of at least 4 members (excludes halogenated alkanes) is 5. The molecule has 0 aromatic heterocycles. The first kappa shape index (κ1) is 26.3. The van der Waals surface area contributed by atoms with Crippen molar-refractivity contribution < 1.29 is 15.0 Å². The predicted molar refractivity (Wildman–Crippen MR) is 127 cm³/mol. The van der Waals surface area contributed by atoms with Gasteiger partial charge in [0.2, 0.25) is 5.96 Å². The summed E-state index contributed by atoms with van der Waals surface area (Å²) in [5.74, 6) is 1.72. The Morgan fingerprint density at radius 3 is 2.35 bits per heavy atom. The van der Waals surface area contributed by atoms with Gasteiger partial charge in [0.15, 0.2) is 5.96 Å². The SMILES string of the molecule is CCCCCCCCN=C1NC(N(C)CCc2ccccc2)=NC(C)(C)N1.O=C(O)O. The fraction of sp³-hybridized carbons (Fsp3) is 0.609. The molecule has 31 heavy (non-hydrogen) atoms. The topological polar surface area (TPSA) is 110 Å². The van der Waals surface area contributed by atoms with Crippen molar-refractivity contribution in [3.05, 3.63) is 35.9 Å². The summed E-state index contributed by atoms with van der Waals surface area (Å²) >= 11 is 0. The molecular formula is C23H39N5O3. The third kappa shape index (κ3) is 12.5. The van der Waals surface area contributed by atoms with Crippen molar-refractivity contribution >= 4 is 18.1 Å². The lowest BCUT2D eigenvalue weighted by molar-refractivity contribution is 0.137. The molecule has 1 aliphatic rings. The molecule has 1 aliphatic heterocycles. The molecule has 174 valence electrons. The van der Waals surface area contributed by atoms with E-state index in [1.165, 1.54) is 37.7 Å². The highest BCUT2D eigenvalue weighted by molar-refractivity contribution is 6.00. The number of benzene rings is 1. The zero-order chi connectivity index (χ0) is 23.1. The molecule has 8 heteroatoms. The molecular weight excluding hydrogens is 394 g/mol. The number of carbonyl (C=O) groups is 1. The summed E-state index contributed by atoms with van der Waals surface area (Å²) in [6, 6.07) is 10.6. The van der Waals surface area contributed by atoms with Gasteiger partial charge < -0.3 is 20.4 Å².